The van der Waals surface area contributed by atoms with Crippen LogP contribution >= 0.6 is 34.4 Å². The first-order chi connectivity index (χ1) is 9.06. The molecule has 0 bridgehead atoms. The quantitative estimate of drug-likeness (QED) is 0.622. The Morgan fingerprint density at radius 3 is 2.95 bits per heavy atom. The SMILES string of the molecule is CC(C)CSCc1noc(-c2cc(I)ccc2N)n1. The van der Waals surface area contributed by atoms with E-state index in [2.05, 4.69) is 46.6 Å². The lowest BCUT2D eigenvalue weighted by Crippen LogP contribution is -1.93. The number of nitrogens with two attached hydrogens (primary N) is 1. The van der Waals surface area contributed by atoms with Crippen molar-refractivity contribution in [2.45, 2.75) is 19.6 Å². The van der Waals surface area contributed by atoms with Crippen molar-refractivity contribution < 1.29 is 4.52 Å². The Bertz CT molecular complexity index is 557. The fraction of sp³-hybridized carbons (Fsp3) is 0.385. The lowest BCUT2D eigenvalue weighted by molar-refractivity contribution is 0.425. The van der Waals surface area contributed by atoms with Gasteiger partial charge in [-0.25, -0.2) is 0 Å². The first-order valence-corrected chi connectivity index (χ1v) is 8.25. The second-order valence-corrected chi connectivity index (χ2v) is 6.93. The van der Waals surface area contributed by atoms with Crippen molar-refractivity contribution in [3.05, 3.63) is 27.6 Å². The summed E-state index contributed by atoms with van der Waals surface area (Å²) < 4.78 is 6.38. The molecule has 6 heteroatoms. The fourth-order valence-electron chi connectivity index (χ4n) is 1.52. The van der Waals surface area contributed by atoms with E-state index in [1.165, 1.54) is 0 Å². The maximum Gasteiger partial charge on any atom is 0.260 e. The molecule has 0 fully saturated rings. The highest BCUT2D eigenvalue weighted by Gasteiger charge is 2.12. The van der Waals surface area contributed by atoms with Gasteiger partial charge < -0.3 is 10.3 Å². The molecule has 19 heavy (non-hydrogen) atoms. The number of halogens is 1. The lowest BCUT2D eigenvalue weighted by atomic mass is 10.2. The molecular weight excluding hydrogens is 373 g/mol. The van der Waals surface area contributed by atoms with E-state index in [-0.39, 0.29) is 0 Å². The zero-order valence-corrected chi connectivity index (χ0v) is 13.9. The largest absolute Gasteiger partial charge is 0.398 e. The summed E-state index contributed by atoms with van der Waals surface area (Å²) in [5.41, 5.74) is 7.40. The van der Waals surface area contributed by atoms with Crippen LogP contribution in [-0.4, -0.2) is 15.9 Å². The minimum atomic E-state index is 0.496. The van der Waals surface area contributed by atoms with Crippen molar-refractivity contribution in [1.82, 2.24) is 10.1 Å². The van der Waals surface area contributed by atoms with Crippen LogP contribution in [0.4, 0.5) is 5.69 Å². The van der Waals surface area contributed by atoms with E-state index in [0.29, 0.717) is 17.5 Å². The van der Waals surface area contributed by atoms with E-state index in [1.54, 1.807) is 0 Å². The normalized spacial score (nSPS) is 11.2. The number of nitrogens with zero attached hydrogens (tertiary/aromatic N) is 2. The topological polar surface area (TPSA) is 64.9 Å². The molecule has 2 rings (SSSR count). The molecular formula is C13H16IN3OS. The van der Waals surface area contributed by atoms with E-state index < -0.39 is 0 Å². The molecule has 0 saturated heterocycles. The maximum absolute atomic E-state index is 5.93. The number of rotatable bonds is 5. The van der Waals surface area contributed by atoms with Crippen LogP contribution in [-0.2, 0) is 5.75 Å². The van der Waals surface area contributed by atoms with Crippen molar-refractivity contribution in [1.29, 1.82) is 0 Å². The lowest BCUT2D eigenvalue weighted by Gasteiger charge is -2.01. The molecule has 0 saturated carbocycles. The Morgan fingerprint density at radius 1 is 1.42 bits per heavy atom. The van der Waals surface area contributed by atoms with Crippen LogP contribution in [0.15, 0.2) is 22.7 Å². The van der Waals surface area contributed by atoms with Crippen molar-refractivity contribution in [2.75, 3.05) is 11.5 Å². The average Bonchev–Trinajstić information content (AvgIpc) is 2.80. The highest BCUT2D eigenvalue weighted by molar-refractivity contribution is 14.1. The molecule has 2 N–H and O–H groups in total. The van der Waals surface area contributed by atoms with Gasteiger partial charge in [-0.3, -0.25) is 0 Å². The Balaban J connectivity index is 2.10. The van der Waals surface area contributed by atoms with Gasteiger partial charge in [0.1, 0.15) is 0 Å². The molecule has 0 atom stereocenters. The number of anilines is 1. The van der Waals surface area contributed by atoms with Gasteiger partial charge in [0.2, 0.25) is 0 Å². The third-order valence-electron chi connectivity index (χ3n) is 2.40. The van der Waals surface area contributed by atoms with Crippen molar-refractivity contribution in [3.8, 4) is 11.5 Å². The van der Waals surface area contributed by atoms with Crippen LogP contribution < -0.4 is 5.73 Å². The highest BCUT2D eigenvalue weighted by Crippen LogP contribution is 2.26. The Morgan fingerprint density at radius 2 is 2.21 bits per heavy atom. The second kappa shape index (κ2) is 6.60. The molecule has 0 aliphatic rings. The molecule has 2 aromatic rings. The first-order valence-electron chi connectivity index (χ1n) is 6.02. The van der Waals surface area contributed by atoms with Gasteiger partial charge >= 0.3 is 0 Å². The van der Waals surface area contributed by atoms with Gasteiger partial charge in [-0.05, 0) is 52.5 Å². The van der Waals surface area contributed by atoms with Crippen LogP contribution in [0.5, 0.6) is 0 Å². The molecule has 0 aliphatic carbocycles. The van der Waals surface area contributed by atoms with E-state index in [4.69, 9.17) is 10.3 Å². The summed E-state index contributed by atoms with van der Waals surface area (Å²) in [4.78, 5) is 4.40. The molecule has 0 amide bonds. The molecule has 0 aliphatic heterocycles. The Kier molecular flexibility index (Phi) is 5.09. The van der Waals surface area contributed by atoms with Gasteiger partial charge in [-0.2, -0.15) is 16.7 Å². The van der Waals surface area contributed by atoms with E-state index in [9.17, 15) is 0 Å². The van der Waals surface area contributed by atoms with Crippen LogP contribution in [0.25, 0.3) is 11.5 Å². The molecule has 102 valence electrons. The van der Waals surface area contributed by atoms with Gasteiger partial charge in [0.25, 0.3) is 5.89 Å². The van der Waals surface area contributed by atoms with E-state index in [0.717, 1.165) is 26.5 Å². The average molecular weight is 389 g/mol. The zero-order valence-electron chi connectivity index (χ0n) is 10.9. The zero-order chi connectivity index (χ0) is 13.8. The molecule has 1 aromatic heterocycles. The van der Waals surface area contributed by atoms with Crippen LogP contribution in [0, 0.1) is 9.49 Å². The van der Waals surface area contributed by atoms with Crippen molar-refractivity contribution in [3.63, 3.8) is 0 Å². The van der Waals surface area contributed by atoms with Crippen LogP contribution in [0.2, 0.25) is 0 Å². The minimum absolute atomic E-state index is 0.496. The van der Waals surface area contributed by atoms with Crippen molar-refractivity contribution >= 4 is 40.0 Å². The fourth-order valence-corrected chi connectivity index (χ4v) is 2.90. The van der Waals surface area contributed by atoms with Crippen LogP contribution in [0.3, 0.4) is 0 Å². The predicted molar refractivity (Wildman–Crippen MR) is 87.9 cm³/mol. The molecule has 1 heterocycles. The number of nitrogen functional groups attached to an aromatic ring is 1. The summed E-state index contributed by atoms with van der Waals surface area (Å²) in [5, 5.41) is 4.00. The van der Waals surface area contributed by atoms with Crippen LogP contribution in [0.1, 0.15) is 19.7 Å². The first kappa shape index (κ1) is 14.6. The Hall–Kier alpha value is -0.760. The Labute approximate surface area is 130 Å². The van der Waals surface area contributed by atoms with E-state index >= 15 is 0 Å². The molecule has 0 unspecified atom stereocenters. The van der Waals surface area contributed by atoms with E-state index in [1.807, 2.05) is 30.0 Å². The summed E-state index contributed by atoms with van der Waals surface area (Å²) in [5.74, 6) is 3.75. The maximum atomic E-state index is 5.93. The summed E-state index contributed by atoms with van der Waals surface area (Å²) in [6, 6.07) is 5.76. The number of hydrogen-bond donors (Lipinski definition) is 1. The van der Waals surface area contributed by atoms with Gasteiger partial charge in [-0.15, -0.1) is 0 Å². The molecule has 4 nitrogen and oxygen atoms in total. The standard InChI is InChI=1S/C13H16IN3OS/c1-8(2)6-19-7-12-16-13(18-17-12)10-5-9(14)3-4-11(10)15/h3-5,8H,6-7,15H2,1-2H3. The molecule has 0 spiro atoms. The van der Waals surface area contributed by atoms with Gasteiger partial charge in [0, 0.05) is 9.26 Å². The summed E-state index contributed by atoms with van der Waals surface area (Å²) >= 11 is 4.05. The van der Waals surface area contributed by atoms with Gasteiger partial charge in [-0.1, -0.05) is 19.0 Å². The van der Waals surface area contributed by atoms with Gasteiger partial charge in [0.15, 0.2) is 5.82 Å². The summed E-state index contributed by atoms with van der Waals surface area (Å²) in [6.45, 7) is 4.39. The third-order valence-corrected chi connectivity index (χ3v) is 4.43. The number of aromatic nitrogens is 2. The minimum Gasteiger partial charge on any atom is -0.398 e. The highest BCUT2D eigenvalue weighted by atomic mass is 127. The number of hydrogen-bond acceptors (Lipinski definition) is 5. The predicted octanol–water partition coefficient (Wildman–Crippen LogP) is 3.81. The number of benzene rings is 1. The number of thioether (sulfide) groups is 1. The second-order valence-electron chi connectivity index (χ2n) is 4.66. The van der Waals surface area contributed by atoms with Crippen molar-refractivity contribution in [2.24, 2.45) is 5.92 Å². The monoisotopic (exact) mass is 389 g/mol. The summed E-state index contributed by atoms with van der Waals surface area (Å²) in [6.07, 6.45) is 0. The van der Waals surface area contributed by atoms with Gasteiger partial charge in [0.05, 0.1) is 11.3 Å². The summed E-state index contributed by atoms with van der Waals surface area (Å²) in [7, 11) is 0. The third kappa shape index (κ3) is 4.10. The molecule has 0 radical (unpaired) electrons. The smallest absolute Gasteiger partial charge is 0.260 e. The molecule has 1 aromatic carbocycles.